The van der Waals surface area contributed by atoms with Crippen LogP contribution in [0.15, 0.2) is 28.9 Å². The first-order valence-corrected chi connectivity index (χ1v) is 6.43. The normalized spacial score (nSPS) is 13.0. The molecule has 0 saturated carbocycles. The van der Waals surface area contributed by atoms with Gasteiger partial charge in [-0.3, -0.25) is 4.79 Å². The SMILES string of the molecule is CC(C)(C)C(NC(=O)c1nonc1N)c1ccc(F)cc1. The van der Waals surface area contributed by atoms with Gasteiger partial charge in [0.15, 0.2) is 0 Å². The first kappa shape index (κ1) is 15.0. The van der Waals surface area contributed by atoms with Crippen LogP contribution in [0.4, 0.5) is 10.2 Å². The Labute approximate surface area is 121 Å². The number of amides is 1. The van der Waals surface area contributed by atoms with Crippen molar-refractivity contribution in [2.24, 2.45) is 5.41 Å². The van der Waals surface area contributed by atoms with Crippen LogP contribution in [0, 0.1) is 11.2 Å². The number of benzene rings is 1. The van der Waals surface area contributed by atoms with E-state index in [1.807, 2.05) is 20.8 Å². The van der Waals surface area contributed by atoms with E-state index in [2.05, 4.69) is 20.3 Å². The average molecular weight is 292 g/mol. The van der Waals surface area contributed by atoms with Crippen molar-refractivity contribution in [3.05, 3.63) is 41.3 Å². The van der Waals surface area contributed by atoms with Gasteiger partial charge in [-0.05, 0) is 33.4 Å². The van der Waals surface area contributed by atoms with Gasteiger partial charge in [0.1, 0.15) is 5.82 Å². The Morgan fingerprint density at radius 1 is 1.29 bits per heavy atom. The molecule has 0 fully saturated rings. The van der Waals surface area contributed by atoms with Gasteiger partial charge in [-0.15, -0.1) is 0 Å². The first-order chi connectivity index (χ1) is 9.79. The molecule has 1 aromatic heterocycles. The second kappa shape index (κ2) is 5.51. The van der Waals surface area contributed by atoms with Crippen LogP contribution in [0.5, 0.6) is 0 Å². The Bertz CT molecular complexity index is 631. The standard InChI is InChI=1S/C14H17FN4O2/c1-14(2,3)11(8-4-6-9(15)7-5-8)17-13(20)10-12(16)19-21-18-10/h4-7,11H,1-3H3,(H2,16,19)(H,17,20). The van der Waals surface area contributed by atoms with Crippen LogP contribution in [0.1, 0.15) is 42.9 Å². The molecule has 7 heteroatoms. The Balaban J connectivity index is 2.28. The molecule has 0 aliphatic carbocycles. The minimum absolute atomic E-state index is 0.0636. The fraction of sp³-hybridized carbons (Fsp3) is 0.357. The number of halogens is 1. The number of hydrogen-bond donors (Lipinski definition) is 2. The summed E-state index contributed by atoms with van der Waals surface area (Å²) >= 11 is 0. The lowest BCUT2D eigenvalue weighted by Crippen LogP contribution is -2.37. The third-order valence-corrected chi connectivity index (χ3v) is 3.07. The topological polar surface area (TPSA) is 94.0 Å². The van der Waals surface area contributed by atoms with E-state index in [0.29, 0.717) is 0 Å². The van der Waals surface area contributed by atoms with Crippen LogP contribution in [0.3, 0.4) is 0 Å². The summed E-state index contributed by atoms with van der Waals surface area (Å²) in [4.78, 5) is 12.2. The lowest BCUT2D eigenvalue weighted by atomic mass is 9.82. The molecule has 1 amide bonds. The largest absolute Gasteiger partial charge is 0.379 e. The zero-order chi connectivity index (χ0) is 15.6. The third kappa shape index (κ3) is 3.36. The monoisotopic (exact) mass is 292 g/mol. The minimum Gasteiger partial charge on any atom is -0.379 e. The van der Waals surface area contributed by atoms with E-state index in [4.69, 9.17) is 5.73 Å². The van der Waals surface area contributed by atoms with Crippen molar-refractivity contribution in [1.29, 1.82) is 0 Å². The quantitative estimate of drug-likeness (QED) is 0.905. The summed E-state index contributed by atoms with van der Waals surface area (Å²) in [7, 11) is 0. The molecule has 0 aliphatic heterocycles. The van der Waals surface area contributed by atoms with Crippen LogP contribution in [0.2, 0.25) is 0 Å². The number of carbonyl (C=O) groups is 1. The summed E-state index contributed by atoms with van der Waals surface area (Å²) < 4.78 is 17.5. The molecule has 0 saturated heterocycles. The molecule has 2 rings (SSSR count). The molecule has 3 N–H and O–H groups in total. The van der Waals surface area contributed by atoms with E-state index in [1.165, 1.54) is 12.1 Å². The van der Waals surface area contributed by atoms with Gasteiger partial charge >= 0.3 is 0 Å². The summed E-state index contributed by atoms with van der Waals surface area (Å²) in [5, 5.41) is 9.68. The van der Waals surface area contributed by atoms with Crippen LogP contribution >= 0.6 is 0 Å². The van der Waals surface area contributed by atoms with Gasteiger partial charge in [-0.25, -0.2) is 9.02 Å². The van der Waals surface area contributed by atoms with E-state index < -0.39 is 5.91 Å². The number of aromatic nitrogens is 2. The number of rotatable bonds is 3. The fourth-order valence-corrected chi connectivity index (χ4v) is 2.01. The van der Waals surface area contributed by atoms with E-state index in [0.717, 1.165) is 5.56 Å². The number of nitrogens with one attached hydrogen (secondary N) is 1. The molecule has 2 aromatic rings. The number of nitrogens with zero attached hydrogens (tertiary/aromatic N) is 2. The zero-order valence-corrected chi connectivity index (χ0v) is 12.1. The Kier molecular flexibility index (Phi) is 3.93. The molecule has 21 heavy (non-hydrogen) atoms. The highest BCUT2D eigenvalue weighted by Crippen LogP contribution is 2.33. The number of nitrogen functional groups attached to an aromatic ring is 1. The molecular weight excluding hydrogens is 275 g/mol. The third-order valence-electron chi connectivity index (χ3n) is 3.07. The van der Waals surface area contributed by atoms with Gasteiger partial charge in [0.05, 0.1) is 6.04 Å². The average Bonchev–Trinajstić information content (AvgIpc) is 2.82. The molecule has 1 aromatic carbocycles. The summed E-state index contributed by atoms with van der Waals surface area (Å²) in [6, 6.07) is 5.63. The summed E-state index contributed by atoms with van der Waals surface area (Å²) in [5.41, 5.74) is 5.94. The van der Waals surface area contributed by atoms with Gasteiger partial charge in [0, 0.05) is 0 Å². The maximum Gasteiger partial charge on any atom is 0.277 e. The molecule has 1 unspecified atom stereocenters. The molecule has 1 heterocycles. The molecule has 6 nitrogen and oxygen atoms in total. The highest BCUT2D eigenvalue weighted by molar-refractivity contribution is 5.96. The lowest BCUT2D eigenvalue weighted by Gasteiger charge is -2.31. The highest BCUT2D eigenvalue weighted by Gasteiger charge is 2.30. The Morgan fingerprint density at radius 3 is 2.38 bits per heavy atom. The number of nitrogens with two attached hydrogens (primary N) is 1. The first-order valence-electron chi connectivity index (χ1n) is 6.43. The van der Waals surface area contributed by atoms with Gasteiger partial charge in [0.25, 0.3) is 5.91 Å². The fourth-order valence-electron chi connectivity index (χ4n) is 2.01. The predicted molar refractivity (Wildman–Crippen MR) is 74.8 cm³/mol. The van der Waals surface area contributed by atoms with Gasteiger partial charge in [0.2, 0.25) is 11.5 Å². The van der Waals surface area contributed by atoms with Crippen molar-refractivity contribution in [2.75, 3.05) is 5.73 Å². The van der Waals surface area contributed by atoms with Crippen molar-refractivity contribution < 1.29 is 13.8 Å². The number of anilines is 1. The lowest BCUT2D eigenvalue weighted by molar-refractivity contribution is 0.0892. The van der Waals surface area contributed by atoms with Crippen LogP contribution < -0.4 is 11.1 Å². The summed E-state index contributed by atoms with van der Waals surface area (Å²) in [6.07, 6.45) is 0. The molecule has 0 radical (unpaired) electrons. The number of carbonyl (C=O) groups excluding carboxylic acids is 1. The summed E-state index contributed by atoms with van der Waals surface area (Å²) in [5.74, 6) is -0.889. The van der Waals surface area contributed by atoms with Crippen molar-refractivity contribution in [3.8, 4) is 0 Å². The van der Waals surface area contributed by atoms with E-state index >= 15 is 0 Å². The van der Waals surface area contributed by atoms with Gasteiger partial charge in [-0.1, -0.05) is 32.9 Å². The van der Waals surface area contributed by atoms with Gasteiger partial charge < -0.3 is 11.1 Å². The molecule has 1 atom stereocenters. The maximum absolute atomic E-state index is 13.1. The van der Waals surface area contributed by atoms with E-state index in [9.17, 15) is 9.18 Å². The predicted octanol–water partition coefficient (Wildman–Crippen LogP) is 2.31. The second-order valence-electron chi connectivity index (χ2n) is 5.82. The summed E-state index contributed by atoms with van der Waals surface area (Å²) in [6.45, 7) is 5.89. The maximum atomic E-state index is 13.1. The van der Waals surface area contributed by atoms with Crippen molar-refractivity contribution >= 4 is 11.7 Å². The minimum atomic E-state index is -0.488. The zero-order valence-electron chi connectivity index (χ0n) is 12.1. The van der Waals surface area contributed by atoms with E-state index in [1.54, 1.807) is 12.1 Å². The molecule has 0 bridgehead atoms. The second-order valence-corrected chi connectivity index (χ2v) is 5.82. The molecule has 0 aliphatic rings. The molecule has 0 spiro atoms. The van der Waals surface area contributed by atoms with Crippen molar-refractivity contribution in [3.63, 3.8) is 0 Å². The highest BCUT2D eigenvalue weighted by atomic mass is 19.1. The van der Waals surface area contributed by atoms with Crippen molar-refractivity contribution in [1.82, 2.24) is 15.6 Å². The van der Waals surface area contributed by atoms with Crippen LogP contribution in [-0.4, -0.2) is 16.2 Å². The number of hydrogen-bond acceptors (Lipinski definition) is 5. The Hall–Kier alpha value is -2.44. The van der Waals surface area contributed by atoms with E-state index in [-0.39, 0.29) is 28.8 Å². The van der Waals surface area contributed by atoms with Gasteiger partial charge in [-0.2, -0.15) is 0 Å². The Morgan fingerprint density at radius 2 is 1.90 bits per heavy atom. The van der Waals surface area contributed by atoms with Crippen LogP contribution in [0.25, 0.3) is 0 Å². The molecule has 112 valence electrons. The van der Waals surface area contributed by atoms with Crippen LogP contribution in [-0.2, 0) is 0 Å². The van der Waals surface area contributed by atoms with Crippen molar-refractivity contribution in [2.45, 2.75) is 26.8 Å². The smallest absolute Gasteiger partial charge is 0.277 e. The molecular formula is C14H17FN4O2.